The van der Waals surface area contributed by atoms with Gasteiger partial charge in [-0.2, -0.15) is 0 Å². The molecule has 0 saturated heterocycles. The molecule has 0 spiro atoms. The number of hydrogen-bond donors (Lipinski definition) is 1. The number of nitrogens with one attached hydrogen (secondary N) is 1. The topological polar surface area (TPSA) is 28.7 Å². The number of benzene rings is 1. The molecule has 0 bridgehead atoms. The van der Waals surface area contributed by atoms with E-state index in [9.17, 15) is 4.39 Å². The van der Waals surface area contributed by atoms with Crippen LogP contribution in [0.2, 0.25) is 0 Å². The monoisotopic (exact) mass is 180 g/mol. The summed E-state index contributed by atoms with van der Waals surface area (Å²) in [5, 5.41) is 0. The summed E-state index contributed by atoms with van der Waals surface area (Å²) in [5.74, 6) is -0.204. The number of rotatable bonds is 0. The van der Waals surface area contributed by atoms with Crippen molar-refractivity contribution < 1.29 is 4.39 Å². The average molecular weight is 180 g/mol. The Morgan fingerprint density at radius 2 is 2.00 bits per heavy atom. The van der Waals surface area contributed by atoms with Gasteiger partial charge in [0.25, 0.3) is 0 Å². The van der Waals surface area contributed by atoms with E-state index in [0.717, 1.165) is 5.52 Å². The minimum atomic E-state index is -0.204. The molecule has 0 saturated carbocycles. The predicted octanol–water partition coefficient (Wildman–Crippen LogP) is 3.04. The first kappa shape index (κ1) is 9.71. The van der Waals surface area contributed by atoms with Crippen LogP contribution in [0, 0.1) is 12.7 Å². The first-order valence-electron chi connectivity index (χ1n) is 4.36. The van der Waals surface area contributed by atoms with Crippen molar-refractivity contribution >= 4 is 11.0 Å². The highest BCUT2D eigenvalue weighted by Gasteiger charge is 2.00. The van der Waals surface area contributed by atoms with E-state index in [1.807, 2.05) is 13.8 Å². The second-order valence-electron chi connectivity index (χ2n) is 2.52. The Labute approximate surface area is 76.8 Å². The summed E-state index contributed by atoms with van der Waals surface area (Å²) in [6.45, 7) is 5.73. The third kappa shape index (κ3) is 1.86. The van der Waals surface area contributed by atoms with Gasteiger partial charge in [-0.25, -0.2) is 9.37 Å². The van der Waals surface area contributed by atoms with Crippen molar-refractivity contribution in [2.24, 2.45) is 0 Å². The number of nitrogens with zero attached hydrogens (tertiary/aromatic N) is 1. The van der Waals surface area contributed by atoms with Gasteiger partial charge in [-0.05, 0) is 18.6 Å². The highest BCUT2D eigenvalue weighted by Crippen LogP contribution is 2.14. The van der Waals surface area contributed by atoms with Gasteiger partial charge in [0, 0.05) is 6.07 Å². The molecule has 1 N–H and O–H groups in total. The Morgan fingerprint density at radius 1 is 1.31 bits per heavy atom. The normalized spacial score (nSPS) is 9.54. The van der Waals surface area contributed by atoms with Crippen LogP contribution in [0.3, 0.4) is 0 Å². The van der Waals surface area contributed by atoms with Crippen LogP contribution in [0.15, 0.2) is 18.5 Å². The molecule has 1 aromatic carbocycles. The molecule has 2 rings (SSSR count). The summed E-state index contributed by atoms with van der Waals surface area (Å²) in [5.41, 5.74) is 2.19. The van der Waals surface area contributed by atoms with Gasteiger partial charge in [0.2, 0.25) is 0 Å². The second-order valence-corrected chi connectivity index (χ2v) is 2.52. The molecule has 0 aliphatic heterocycles. The van der Waals surface area contributed by atoms with Crippen molar-refractivity contribution in [3.63, 3.8) is 0 Å². The van der Waals surface area contributed by atoms with Gasteiger partial charge in [0.15, 0.2) is 0 Å². The molecule has 0 fully saturated rings. The first-order valence-corrected chi connectivity index (χ1v) is 4.36. The zero-order chi connectivity index (χ0) is 9.84. The van der Waals surface area contributed by atoms with Crippen molar-refractivity contribution in [3.8, 4) is 0 Å². The molecule has 0 aliphatic rings. The van der Waals surface area contributed by atoms with Gasteiger partial charge >= 0.3 is 0 Å². The highest BCUT2D eigenvalue weighted by atomic mass is 19.1. The predicted molar refractivity (Wildman–Crippen MR) is 52.1 cm³/mol. The van der Waals surface area contributed by atoms with E-state index in [2.05, 4.69) is 9.97 Å². The van der Waals surface area contributed by atoms with Crippen LogP contribution >= 0.6 is 0 Å². The minimum absolute atomic E-state index is 0.204. The van der Waals surface area contributed by atoms with Gasteiger partial charge in [-0.15, -0.1) is 0 Å². The molecule has 3 heteroatoms. The maximum absolute atomic E-state index is 12.9. The highest BCUT2D eigenvalue weighted by molar-refractivity contribution is 5.75. The molecule has 0 atom stereocenters. The smallest absolute Gasteiger partial charge is 0.128 e. The van der Waals surface area contributed by atoms with Gasteiger partial charge in [0.1, 0.15) is 5.82 Å². The maximum Gasteiger partial charge on any atom is 0.128 e. The van der Waals surface area contributed by atoms with Crippen LogP contribution in [0.1, 0.15) is 19.4 Å². The number of fused-ring (bicyclic) bond motifs is 1. The van der Waals surface area contributed by atoms with E-state index >= 15 is 0 Å². The molecule has 2 nitrogen and oxygen atoms in total. The summed E-state index contributed by atoms with van der Waals surface area (Å²) in [6, 6.07) is 3.18. The average Bonchev–Trinajstić information content (AvgIpc) is 2.56. The van der Waals surface area contributed by atoms with E-state index in [1.165, 1.54) is 6.07 Å². The molecule has 1 aromatic heterocycles. The number of aryl methyl sites for hydroxylation is 1. The lowest BCUT2D eigenvalue weighted by atomic mass is 10.2. The van der Waals surface area contributed by atoms with Gasteiger partial charge in [-0.1, -0.05) is 13.8 Å². The zero-order valence-corrected chi connectivity index (χ0v) is 8.06. The molecule has 70 valence electrons. The number of hydrogen-bond acceptors (Lipinski definition) is 1. The van der Waals surface area contributed by atoms with E-state index in [-0.39, 0.29) is 5.82 Å². The molecule has 13 heavy (non-hydrogen) atoms. The zero-order valence-electron chi connectivity index (χ0n) is 8.06. The van der Waals surface area contributed by atoms with Crippen LogP contribution in [-0.4, -0.2) is 9.97 Å². The third-order valence-corrected chi connectivity index (χ3v) is 1.70. The SMILES string of the molecule is CC.Cc1cc2[nH]cnc2cc1F. The van der Waals surface area contributed by atoms with Gasteiger partial charge in [0.05, 0.1) is 17.4 Å². The summed E-state index contributed by atoms with van der Waals surface area (Å²) >= 11 is 0. The molecule has 0 radical (unpaired) electrons. The summed E-state index contributed by atoms with van der Waals surface area (Å²) in [4.78, 5) is 6.83. The Balaban J connectivity index is 0.000000396. The quantitative estimate of drug-likeness (QED) is 0.663. The Hall–Kier alpha value is -1.38. The number of H-pyrrole nitrogens is 1. The van der Waals surface area contributed by atoms with Crippen molar-refractivity contribution in [2.75, 3.05) is 0 Å². The Morgan fingerprint density at radius 3 is 2.69 bits per heavy atom. The van der Waals surface area contributed by atoms with Crippen molar-refractivity contribution in [1.29, 1.82) is 0 Å². The fourth-order valence-electron chi connectivity index (χ4n) is 1.06. The van der Waals surface area contributed by atoms with Crippen LogP contribution in [-0.2, 0) is 0 Å². The standard InChI is InChI=1S/C8H7FN2.C2H6/c1-5-2-7-8(3-6(5)9)11-4-10-7;1-2/h2-4H,1H3,(H,10,11);1-2H3. The lowest BCUT2D eigenvalue weighted by molar-refractivity contribution is 0.620. The third-order valence-electron chi connectivity index (χ3n) is 1.70. The molecule has 0 aliphatic carbocycles. The Bertz CT molecular complexity index is 357. The van der Waals surface area contributed by atoms with Gasteiger partial charge in [-0.3, -0.25) is 0 Å². The minimum Gasteiger partial charge on any atom is -0.345 e. The largest absolute Gasteiger partial charge is 0.345 e. The fraction of sp³-hybridized carbons (Fsp3) is 0.300. The van der Waals surface area contributed by atoms with Crippen LogP contribution in [0.25, 0.3) is 11.0 Å². The fourth-order valence-corrected chi connectivity index (χ4v) is 1.06. The lowest BCUT2D eigenvalue weighted by Crippen LogP contribution is -1.81. The number of halogens is 1. The number of aromatic amines is 1. The maximum atomic E-state index is 12.9. The van der Waals surface area contributed by atoms with Crippen LogP contribution in [0.4, 0.5) is 4.39 Å². The number of imidazole rings is 1. The molecular formula is C10H13FN2. The van der Waals surface area contributed by atoms with Crippen molar-refractivity contribution in [2.45, 2.75) is 20.8 Å². The van der Waals surface area contributed by atoms with E-state index in [1.54, 1.807) is 19.3 Å². The lowest BCUT2D eigenvalue weighted by Gasteiger charge is -1.93. The Kier molecular flexibility index (Phi) is 3.01. The van der Waals surface area contributed by atoms with E-state index in [4.69, 9.17) is 0 Å². The van der Waals surface area contributed by atoms with E-state index in [0.29, 0.717) is 11.1 Å². The molecule has 0 amide bonds. The second kappa shape index (κ2) is 4.03. The van der Waals surface area contributed by atoms with Crippen molar-refractivity contribution in [3.05, 3.63) is 29.8 Å². The van der Waals surface area contributed by atoms with Crippen LogP contribution < -0.4 is 0 Å². The van der Waals surface area contributed by atoms with Crippen molar-refractivity contribution in [1.82, 2.24) is 9.97 Å². The molecule has 2 aromatic rings. The summed E-state index contributed by atoms with van der Waals surface area (Å²) in [6.07, 6.45) is 1.56. The van der Waals surface area contributed by atoms with Crippen LogP contribution in [0.5, 0.6) is 0 Å². The summed E-state index contributed by atoms with van der Waals surface area (Å²) < 4.78 is 12.9. The molecule has 1 heterocycles. The molecular weight excluding hydrogens is 167 g/mol. The van der Waals surface area contributed by atoms with Gasteiger partial charge < -0.3 is 4.98 Å². The van der Waals surface area contributed by atoms with E-state index < -0.39 is 0 Å². The number of aromatic nitrogens is 2. The summed E-state index contributed by atoms with van der Waals surface area (Å²) in [7, 11) is 0. The first-order chi connectivity index (χ1) is 6.27. The molecule has 0 unspecified atom stereocenters.